The Morgan fingerprint density at radius 3 is 2.75 bits per heavy atom. The summed E-state index contributed by atoms with van der Waals surface area (Å²) in [5, 5.41) is 7.45. The second-order valence-electron chi connectivity index (χ2n) is 8.10. The van der Waals surface area contributed by atoms with E-state index >= 15 is 0 Å². The molecule has 0 unspecified atom stereocenters. The quantitative estimate of drug-likeness (QED) is 0.409. The predicted octanol–water partition coefficient (Wildman–Crippen LogP) is 3.00. The van der Waals surface area contributed by atoms with Crippen LogP contribution in [0.5, 0.6) is 0 Å². The van der Waals surface area contributed by atoms with Gasteiger partial charge >= 0.3 is 0 Å². The average molecular weight is 436 g/mol. The molecule has 4 rings (SSSR count). The van der Waals surface area contributed by atoms with E-state index in [0.717, 1.165) is 25.0 Å². The average Bonchev–Trinajstić information content (AvgIpc) is 3.39. The Kier molecular flexibility index (Phi) is 6.41. The number of fused-ring (bicyclic) bond motifs is 3. The van der Waals surface area contributed by atoms with Crippen LogP contribution in [0, 0.1) is 0 Å². The van der Waals surface area contributed by atoms with Crippen LogP contribution in [0.15, 0.2) is 57.9 Å². The van der Waals surface area contributed by atoms with Gasteiger partial charge in [0.15, 0.2) is 5.58 Å². The minimum absolute atomic E-state index is 0.216. The van der Waals surface area contributed by atoms with E-state index in [4.69, 9.17) is 4.42 Å². The van der Waals surface area contributed by atoms with Crippen LogP contribution in [0.4, 0.5) is 0 Å². The first-order chi connectivity index (χ1) is 15.5. The van der Waals surface area contributed by atoms with Gasteiger partial charge in [0, 0.05) is 31.6 Å². The molecule has 1 aromatic carbocycles. The highest BCUT2D eigenvalue weighted by atomic mass is 16.3. The van der Waals surface area contributed by atoms with Crippen molar-refractivity contribution in [2.45, 2.75) is 39.3 Å². The molecule has 8 heteroatoms. The van der Waals surface area contributed by atoms with Gasteiger partial charge in [-0.3, -0.25) is 14.0 Å². The highest BCUT2D eigenvalue weighted by Crippen LogP contribution is 2.21. The third kappa shape index (κ3) is 4.31. The first kappa shape index (κ1) is 21.8. The standard InChI is InChI=1S/C24H29N5O3/c1-4-22-26-29(24(31)20-15-21-19(28(20)22)11-14-32-21)17(2)23(30)25-12-8-13-27(3)16-18-9-6-5-7-10-18/h5-7,9-11,14-15,17H,4,8,12-13,16H2,1-3H3,(H,25,30)/t17-/m1/s1. The first-order valence-corrected chi connectivity index (χ1v) is 11.0. The van der Waals surface area contributed by atoms with Gasteiger partial charge in [-0.15, -0.1) is 0 Å². The fourth-order valence-electron chi connectivity index (χ4n) is 3.98. The van der Waals surface area contributed by atoms with Crippen LogP contribution in [0.3, 0.4) is 0 Å². The number of nitrogens with zero attached hydrogens (tertiary/aromatic N) is 4. The van der Waals surface area contributed by atoms with Crippen LogP contribution in [-0.4, -0.2) is 45.1 Å². The van der Waals surface area contributed by atoms with Crippen molar-refractivity contribution < 1.29 is 9.21 Å². The zero-order valence-corrected chi connectivity index (χ0v) is 18.7. The molecule has 0 aliphatic rings. The number of nitrogens with one attached hydrogen (secondary N) is 1. The number of furan rings is 1. The number of hydrogen-bond donors (Lipinski definition) is 1. The van der Waals surface area contributed by atoms with E-state index in [0.29, 0.717) is 29.9 Å². The Morgan fingerprint density at radius 2 is 2.00 bits per heavy atom. The number of amides is 1. The van der Waals surface area contributed by atoms with Crippen molar-refractivity contribution in [2.75, 3.05) is 20.1 Å². The van der Waals surface area contributed by atoms with E-state index in [2.05, 4.69) is 34.5 Å². The molecule has 0 fully saturated rings. The lowest BCUT2D eigenvalue weighted by Gasteiger charge is -2.18. The zero-order valence-electron chi connectivity index (χ0n) is 18.7. The van der Waals surface area contributed by atoms with Gasteiger partial charge in [0.25, 0.3) is 5.56 Å². The van der Waals surface area contributed by atoms with Crippen LogP contribution in [0.25, 0.3) is 16.6 Å². The fourth-order valence-corrected chi connectivity index (χ4v) is 3.98. The van der Waals surface area contributed by atoms with Crippen LogP contribution >= 0.6 is 0 Å². The number of carbonyl (C=O) groups is 1. The highest BCUT2D eigenvalue weighted by molar-refractivity contribution is 5.83. The summed E-state index contributed by atoms with van der Waals surface area (Å²) in [4.78, 5) is 28.0. The molecule has 0 bridgehead atoms. The summed E-state index contributed by atoms with van der Waals surface area (Å²) >= 11 is 0. The Balaban J connectivity index is 1.39. The van der Waals surface area contributed by atoms with Crippen molar-refractivity contribution in [1.29, 1.82) is 0 Å². The first-order valence-electron chi connectivity index (χ1n) is 11.0. The molecule has 0 aliphatic carbocycles. The summed E-state index contributed by atoms with van der Waals surface area (Å²) < 4.78 is 8.54. The zero-order chi connectivity index (χ0) is 22.7. The minimum Gasteiger partial charge on any atom is -0.463 e. The summed E-state index contributed by atoms with van der Waals surface area (Å²) in [7, 11) is 2.07. The summed E-state index contributed by atoms with van der Waals surface area (Å²) in [6.07, 6.45) is 3.03. The summed E-state index contributed by atoms with van der Waals surface area (Å²) in [6, 6.07) is 13.1. The SMILES string of the molecule is CCc1nn([C@H](C)C(=O)NCCCN(C)Cc2ccccc2)c(=O)c2cc3occc3n12. The molecule has 0 saturated heterocycles. The van der Waals surface area contributed by atoms with E-state index in [9.17, 15) is 9.59 Å². The molecule has 8 nitrogen and oxygen atoms in total. The third-order valence-corrected chi connectivity index (χ3v) is 5.71. The molecule has 1 N–H and O–H groups in total. The molecule has 3 aromatic heterocycles. The molecular formula is C24H29N5O3. The predicted molar refractivity (Wildman–Crippen MR) is 124 cm³/mol. The van der Waals surface area contributed by atoms with Crippen molar-refractivity contribution in [3.8, 4) is 0 Å². The van der Waals surface area contributed by atoms with Crippen molar-refractivity contribution >= 4 is 22.5 Å². The van der Waals surface area contributed by atoms with E-state index in [1.807, 2.05) is 35.6 Å². The number of rotatable bonds is 9. The molecule has 3 heterocycles. The van der Waals surface area contributed by atoms with Gasteiger partial charge in [0.2, 0.25) is 5.91 Å². The van der Waals surface area contributed by atoms with Crippen LogP contribution in [-0.2, 0) is 17.8 Å². The molecule has 1 atom stereocenters. The van der Waals surface area contributed by atoms with Crippen molar-refractivity contribution in [2.24, 2.45) is 0 Å². The van der Waals surface area contributed by atoms with E-state index in [1.54, 1.807) is 19.3 Å². The smallest absolute Gasteiger partial charge is 0.291 e. The van der Waals surface area contributed by atoms with Crippen LogP contribution in [0.1, 0.15) is 37.7 Å². The fraction of sp³-hybridized carbons (Fsp3) is 0.375. The van der Waals surface area contributed by atoms with Crippen molar-refractivity contribution in [3.63, 3.8) is 0 Å². The van der Waals surface area contributed by atoms with Crippen molar-refractivity contribution in [1.82, 2.24) is 24.4 Å². The lowest BCUT2D eigenvalue weighted by Crippen LogP contribution is -2.39. The molecule has 0 saturated carbocycles. The Labute approximate surface area is 186 Å². The molecule has 0 radical (unpaired) electrons. The van der Waals surface area contributed by atoms with E-state index in [-0.39, 0.29) is 11.5 Å². The van der Waals surface area contributed by atoms with Gasteiger partial charge in [0.05, 0.1) is 11.8 Å². The summed E-state index contributed by atoms with van der Waals surface area (Å²) in [6.45, 7) is 5.94. The monoisotopic (exact) mass is 435 g/mol. The highest BCUT2D eigenvalue weighted by Gasteiger charge is 2.22. The molecule has 0 aliphatic heterocycles. The minimum atomic E-state index is -0.707. The lowest BCUT2D eigenvalue weighted by atomic mass is 10.2. The second-order valence-corrected chi connectivity index (χ2v) is 8.10. The molecule has 32 heavy (non-hydrogen) atoms. The molecule has 4 aromatic rings. The maximum atomic E-state index is 13.1. The van der Waals surface area contributed by atoms with E-state index in [1.165, 1.54) is 10.2 Å². The normalized spacial score (nSPS) is 12.6. The van der Waals surface area contributed by atoms with E-state index < -0.39 is 6.04 Å². The molecule has 1 amide bonds. The lowest BCUT2D eigenvalue weighted by molar-refractivity contribution is -0.124. The van der Waals surface area contributed by atoms with Crippen molar-refractivity contribution in [3.05, 3.63) is 70.5 Å². The summed E-state index contributed by atoms with van der Waals surface area (Å²) in [5.41, 5.74) is 2.86. The Bertz CT molecular complexity index is 1270. The summed E-state index contributed by atoms with van der Waals surface area (Å²) in [5.74, 6) is 0.491. The number of aryl methyl sites for hydroxylation is 1. The largest absolute Gasteiger partial charge is 0.463 e. The third-order valence-electron chi connectivity index (χ3n) is 5.71. The van der Waals surface area contributed by atoms with Crippen LogP contribution in [0.2, 0.25) is 0 Å². The maximum absolute atomic E-state index is 13.1. The second kappa shape index (κ2) is 9.40. The molecular weight excluding hydrogens is 406 g/mol. The molecule has 0 spiro atoms. The van der Waals surface area contributed by atoms with Crippen LogP contribution < -0.4 is 10.9 Å². The number of hydrogen-bond acceptors (Lipinski definition) is 5. The Hall–Kier alpha value is -3.39. The van der Waals surface area contributed by atoms with Gasteiger partial charge in [-0.2, -0.15) is 5.10 Å². The number of aromatic nitrogens is 3. The number of carbonyl (C=O) groups excluding carboxylic acids is 1. The van der Waals surface area contributed by atoms with Gasteiger partial charge in [-0.05, 0) is 32.5 Å². The Morgan fingerprint density at radius 1 is 1.22 bits per heavy atom. The van der Waals surface area contributed by atoms with Gasteiger partial charge in [-0.1, -0.05) is 37.3 Å². The van der Waals surface area contributed by atoms with Gasteiger partial charge in [0.1, 0.15) is 17.4 Å². The topological polar surface area (TPSA) is 84.8 Å². The molecule has 168 valence electrons. The maximum Gasteiger partial charge on any atom is 0.291 e. The van der Waals surface area contributed by atoms with Gasteiger partial charge < -0.3 is 14.6 Å². The van der Waals surface area contributed by atoms with Gasteiger partial charge in [-0.25, -0.2) is 4.68 Å². The number of benzene rings is 1.